The van der Waals surface area contributed by atoms with E-state index in [9.17, 15) is 14.5 Å². The fourth-order valence-electron chi connectivity index (χ4n) is 3.02. The minimum Gasteiger partial charge on any atom is -0.352 e. The van der Waals surface area contributed by atoms with Gasteiger partial charge in [-0.25, -0.2) is 10.9 Å². The molecular formula is C12H18N8O4S. The molecule has 1 aromatic heterocycles. The summed E-state index contributed by atoms with van der Waals surface area (Å²) in [7, 11) is 0. The van der Waals surface area contributed by atoms with E-state index in [0.717, 1.165) is 16.3 Å². The van der Waals surface area contributed by atoms with Gasteiger partial charge in [0.2, 0.25) is 6.29 Å². The quantitative estimate of drug-likeness (QED) is 0.222. The number of nitrogens with zero attached hydrogens (tertiary/aromatic N) is 5. The van der Waals surface area contributed by atoms with Crippen LogP contribution in [0.4, 0.5) is 5.82 Å². The van der Waals surface area contributed by atoms with Crippen LogP contribution in [0.25, 0.3) is 0 Å². The van der Waals surface area contributed by atoms with E-state index in [0.29, 0.717) is 19.3 Å². The van der Waals surface area contributed by atoms with Crippen molar-refractivity contribution in [2.75, 3.05) is 5.32 Å². The molecule has 2 unspecified atom stereocenters. The lowest BCUT2D eigenvalue weighted by atomic mass is 10.1. The van der Waals surface area contributed by atoms with Gasteiger partial charge in [0.05, 0.1) is 6.10 Å². The zero-order chi connectivity index (χ0) is 18.1. The maximum atomic E-state index is 12.4. The molecule has 2 aliphatic heterocycles. The molecule has 2 aliphatic rings. The minimum atomic E-state index is -1.03. The third-order valence-corrected chi connectivity index (χ3v) is 5.22. The highest BCUT2D eigenvalue weighted by molar-refractivity contribution is 7.12. The first-order chi connectivity index (χ1) is 12.0. The second kappa shape index (κ2) is 6.85. The summed E-state index contributed by atoms with van der Waals surface area (Å²) in [6.45, 7) is 1.85. The molecule has 25 heavy (non-hydrogen) atoms. The summed E-state index contributed by atoms with van der Waals surface area (Å²) in [6, 6.07) is -0.469. The van der Waals surface area contributed by atoms with Crippen LogP contribution in [-0.4, -0.2) is 33.9 Å². The van der Waals surface area contributed by atoms with Gasteiger partial charge in [0.25, 0.3) is 5.91 Å². The Labute approximate surface area is 145 Å². The zero-order valence-corrected chi connectivity index (χ0v) is 14.2. The summed E-state index contributed by atoms with van der Waals surface area (Å²) in [6.07, 6.45) is -0.328. The Morgan fingerprint density at radius 3 is 2.84 bits per heavy atom. The lowest BCUT2D eigenvalue weighted by Crippen LogP contribution is -2.52. The van der Waals surface area contributed by atoms with Gasteiger partial charge in [-0.3, -0.25) is 14.2 Å². The molecule has 5 N–H and O–H groups in total. The number of amides is 1. The highest BCUT2D eigenvalue weighted by atomic mass is 32.1. The highest BCUT2D eigenvalue weighted by Crippen LogP contribution is 2.36. The summed E-state index contributed by atoms with van der Waals surface area (Å²) < 4.78 is 7.20. The third kappa shape index (κ3) is 2.89. The molecule has 3 heterocycles. The largest absolute Gasteiger partial charge is 0.352 e. The number of hydrogen-bond donors (Lipinski definition) is 3. The number of carbonyl (C=O) groups excluding carboxylic acids is 1. The minimum absolute atomic E-state index is 0.156. The van der Waals surface area contributed by atoms with Gasteiger partial charge in [-0.15, -0.1) is 5.11 Å². The maximum Gasteiger partial charge on any atom is 0.311 e. The Morgan fingerprint density at radius 1 is 1.44 bits per heavy atom. The summed E-state index contributed by atoms with van der Waals surface area (Å²) in [5.74, 6) is 10.4. The Bertz CT molecular complexity index is 761. The lowest BCUT2D eigenvalue weighted by Gasteiger charge is -2.30. The standard InChI is InChI=1S/C12H18N8O4S/c1-2-5(17-23)6-3-4-7(24-6)19-9-8(25-12(19)22)10(21)20(14)11(15-9)16-18-13/h5-7,11,15H,2-4,14H2,1H3,(H2,13,16)/t5?,6-,7+,11?/m0/s1. The SMILES string of the molecule is CCC(N=O)[C@@H]1CC[C@H](n2c3c(sc2=O)C(=O)N(N)C(N=NN)N3)O1. The molecule has 1 saturated heterocycles. The number of nitrogens with one attached hydrogen (secondary N) is 1. The van der Waals surface area contributed by atoms with Crippen molar-refractivity contribution in [2.45, 2.75) is 50.8 Å². The van der Waals surface area contributed by atoms with Crippen LogP contribution in [0.2, 0.25) is 0 Å². The first-order valence-corrected chi connectivity index (χ1v) is 8.51. The summed E-state index contributed by atoms with van der Waals surface area (Å²) in [4.78, 5) is 35.4. The molecule has 13 heteroatoms. The van der Waals surface area contributed by atoms with Crippen molar-refractivity contribution in [3.05, 3.63) is 19.5 Å². The summed E-state index contributed by atoms with van der Waals surface area (Å²) in [5.41, 5.74) is 0. The summed E-state index contributed by atoms with van der Waals surface area (Å²) >= 11 is 0.762. The van der Waals surface area contributed by atoms with Crippen molar-refractivity contribution < 1.29 is 9.53 Å². The van der Waals surface area contributed by atoms with Crippen LogP contribution in [0.5, 0.6) is 0 Å². The predicted molar refractivity (Wildman–Crippen MR) is 88.4 cm³/mol. The Kier molecular flexibility index (Phi) is 4.78. The molecule has 0 saturated carbocycles. The van der Waals surface area contributed by atoms with Crippen molar-refractivity contribution >= 4 is 23.1 Å². The average Bonchev–Trinajstić information content (AvgIpc) is 3.18. The van der Waals surface area contributed by atoms with Crippen LogP contribution >= 0.6 is 11.3 Å². The van der Waals surface area contributed by atoms with Gasteiger partial charge >= 0.3 is 4.87 Å². The average molecular weight is 370 g/mol. The first-order valence-electron chi connectivity index (χ1n) is 7.69. The fourth-order valence-corrected chi connectivity index (χ4v) is 3.95. The second-order valence-corrected chi connectivity index (χ2v) is 6.63. The molecular weight excluding hydrogens is 352 g/mol. The van der Waals surface area contributed by atoms with Crippen molar-refractivity contribution in [3.8, 4) is 0 Å². The predicted octanol–water partition coefficient (Wildman–Crippen LogP) is 0.483. The molecule has 136 valence electrons. The number of carbonyl (C=O) groups is 1. The Hall–Kier alpha value is -2.38. The van der Waals surface area contributed by atoms with E-state index >= 15 is 0 Å². The number of hydrazine groups is 1. The van der Waals surface area contributed by atoms with Gasteiger partial charge in [0.15, 0.2) is 0 Å². The lowest BCUT2D eigenvalue weighted by molar-refractivity contribution is -0.00971. The molecule has 1 fully saturated rings. The first kappa shape index (κ1) is 17.4. The molecule has 0 bridgehead atoms. The van der Waals surface area contributed by atoms with E-state index in [1.165, 1.54) is 4.57 Å². The van der Waals surface area contributed by atoms with E-state index in [-0.39, 0.29) is 21.7 Å². The van der Waals surface area contributed by atoms with Gasteiger partial charge < -0.3 is 15.9 Å². The molecule has 4 atom stereocenters. The van der Waals surface area contributed by atoms with E-state index in [1.807, 2.05) is 6.92 Å². The number of anilines is 1. The van der Waals surface area contributed by atoms with Crippen LogP contribution in [-0.2, 0) is 4.74 Å². The number of aromatic nitrogens is 1. The number of hydrogen-bond acceptors (Lipinski definition) is 10. The molecule has 3 rings (SSSR count). The molecule has 0 aromatic carbocycles. The smallest absolute Gasteiger partial charge is 0.311 e. The van der Waals surface area contributed by atoms with Crippen molar-refractivity contribution in [1.29, 1.82) is 0 Å². The van der Waals surface area contributed by atoms with Crippen molar-refractivity contribution in [2.24, 2.45) is 27.2 Å². The highest BCUT2D eigenvalue weighted by Gasteiger charge is 2.40. The van der Waals surface area contributed by atoms with Gasteiger partial charge in [-0.05, 0) is 19.3 Å². The number of ether oxygens (including phenoxy) is 1. The van der Waals surface area contributed by atoms with E-state index in [1.54, 1.807) is 0 Å². The fraction of sp³-hybridized carbons (Fsp3) is 0.667. The normalized spacial score (nSPS) is 27.4. The van der Waals surface area contributed by atoms with E-state index in [4.69, 9.17) is 16.4 Å². The molecule has 1 amide bonds. The molecule has 1 aromatic rings. The summed E-state index contributed by atoms with van der Waals surface area (Å²) in [5, 5.41) is 13.5. The Morgan fingerprint density at radius 2 is 2.20 bits per heavy atom. The monoisotopic (exact) mass is 370 g/mol. The number of thiazole rings is 1. The third-order valence-electron chi connectivity index (χ3n) is 4.28. The number of fused-ring (bicyclic) bond motifs is 1. The second-order valence-electron chi connectivity index (χ2n) is 5.66. The number of rotatable bonds is 5. The van der Waals surface area contributed by atoms with Gasteiger partial charge in [0.1, 0.15) is 23.0 Å². The maximum absolute atomic E-state index is 12.4. The number of nitrogens with two attached hydrogens (primary N) is 2. The molecule has 0 spiro atoms. The van der Waals surface area contributed by atoms with E-state index in [2.05, 4.69) is 20.8 Å². The number of nitroso groups, excluding NO2 is 1. The van der Waals surface area contributed by atoms with Crippen LogP contribution in [0, 0.1) is 4.91 Å². The zero-order valence-electron chi connectivity index (χ0n) is 13.4. The van der Waals surface area contributed by atoms with E-state index < -0.39 is 24.5 Å². The van der Waals surface area contributed by atoms with Crippen molar-refractivity contribution in [3.63, 3.8) is 0 Å². The molecule has 0 aliphatic carbocycles. The van der Waals surface area contributed by atoms with Crippen molar-refractivity contribution in [1.82, 2.24) is 9.58 Å². The van der Waals surface area contributed by atoms with Crippen LogP contribution in [0.3, 0.4) is 0 Å². The van der Waals surface area contributed by atoms with Crippen LogP contribution < -0.4 is 21.9 Å². The Balaban J connectivity index is 1.93. The van der Waals surface area contributed by atoms with Gasteiger partial charge in [-0.2, -0.15) is 4.91 Å². The van der Waals surface area contributed by atoms with Crippen LogP contribution in [0.1, 0.15) is 42.1 Å². The molecule has 0 radical (unpaired) electrons. The molecule has 12 nitrogen and oxygen atoms in total. The topological polar surface area (TPSA) is 170 Å². The van der Waals surface area contributed by atoms with Crippen LogP contribution in [0.15, 0.2) is 20.3 Å². The van der Waals surface area contributed by atoms with Gasteiger partial charge in [0, 0.05) is 0 Å². The van der Waals surface area contributed by atoms with Gasteiger partial charge in [-0.1, -0.05) is 28.7 Å².